The maximum atomic E-state index is 14.6. The summed E-state index contributed by atoms with van der Waals surface area (Å²) in [6, 6.07) is 22.3. The Morgan fingerprint density at radius 3 is 2.22 bits per heavy atom. The van der Waals surface area contributed by atoms with Crippen LogP contribution in [0.25, 0.3) is 11.8 Å². The summed E-state index contributed by atoms with van der Waals surface area (Å²) < 4.78 is 12.8. The highest BCUT2D eigenvalue weighted by atomic mass is 16.6. The monoisotopic (exact) mass is 732 g/mol. The third kappa shape index (κ3) is 9.92. The topological polar surface area (TPSA) is 111 Å². The number of carbonyl (C=O) groups is 4. The molecule has 0 radical (unpaired) electrons. The predicted molar refractivity (Wildman–Crippen MR) is 209 cm³/mol. The van der Waals surface area contributed by atoms with Crippen molar-refractivity contribution in [1.82, 2.24) is 19.6 Å². The van der Waals surface area contributed by atoms with Crippen LogP contribution < -0.4 is 0 Å². The number of carbonyl (C=O) groups excluding carboxylic acids is 4. The zero-order chi connectivity index (χ0) is 38.8. The first kappa shape index (κ1) is 39.7. The van der Waals surface area contributed by atoms with E-state index in [0.717, 1.165) is 36.8 Å². The van der Waals surface area contributed by atoms with Crippen LogP contribution in [0, 0.1) is 6.92 Å². The summed E-state index contributed by atoms with van der Waals surface area (Å²) in [5, 5.41) is 4.88. The summed E-state index contributed by atoms with van der Waals surface area (Å²) in [6.45, 7) is 13.4. The van der Waals surface area contributed by atoms with Crippen molar-refractivity contribution >= 4 is 29.8 Å². The standard InChI is InChI=1S/C44H52N4O6/c1-7-9-25-46(26-10-8-2)42(51)40-36(21-23-39(49)54-44(4,5)6)31(3)48(45-40)38-22-20-34(43(52)53-30-32-16-12-11-13-17-32)28-37(38)41(50)47-27-24-33-18-14-15-19-35(33)29-47/h11-23,28H,7-10,24-27,29-30H2,1-6H3. The Kier molecular flexibility index (Phi) is 13.2. The molecular weight excluding hydrogens is 681 g/mol. The summed E-state index contributed by atoms with van der Waals surface area (Å²) in [4.78, 5) is 58.7. The summed E-state index contributed by atoms with van der Waals surface area (Å²) in [5.74, 6) is -1.66. The lowest BCUT2D eigenvalue weighted by atomic mass is 9.98. The highest BCUT2D eigenvalue weighted by molar-refractivity contribution is 6.02. The molecule has 0 aliphatic carbocycles. The number of benzene rings is 3. The number of rotatable bonds is 14. The molecule has 0 atom stereocenters. The van der Waals surface area contributed by atoms with E-state index in [2.05, 4.69) is 19.9 Å². The number of hydrogen-bond donors (Lipinski definition) is 0. The zero-order valence-electron chi connectivity index (χ0n) is 32.4. The number of unbranched alkanes of at least 4 members (excludes halogenated alkanes) is 2. The molecule has 5 rings (SSSR count). The Morgan fingerprint density at radius 1 is 0.889 bits per heavy atom. The number of aromatic nitrogens is 2. The third-order valence-corrected chi connectivity index (χ3v) is 9.33. The molecule has 0 N–H and O–H groups in total. The normalized spacial score (nSPS) is 12.7. The van der Waals surface area contributed by atoms with Crippen LogP contribution >= 0.6 is 0 Å². The van der Waals surface area contributed by atoms with Crippen LogP contribution in [0.2, 0.25) is 0 Å². The van der Waals surface area contributed by atoms with Gasteiger partial charge in [0.25, 0.3) is 11.8 Å². The van der Waals surface area contributed by atoms with Crippen LogP contribution in [0.1, 0.15) is 119 Å². The number of ether oxygens (including phenoxy) is 2. The number of esters is 2. The lowest BCUT2D eigenvalue weighted by Crippen LogP contribution is -2.36. The molecule has 0 fully saturated rings. The molecule has 0 bridgehead atoms. The first-order valence-corrected chi connectivity index (χ1v) is 18.9. The van der Waals surface area contributed by atoms with Gasteiger partial charge in [0.15, 0.2) is 5.69 Å². The molecule has 54 heavy (non-hydrogen) atoms. The number of nitrogens with zero attached hydrogens (tertiary/aromatic N) is 4. The van der Waals surface area contributed by atoms with Gasteiger partial charge in [0.1, 0.15) is 12.2 Å². The zero-order valence-corrected chi connectivity index (χ0v) is 32.4. The fraction of sp³-hybridized carbons (Fsp3) is 0.386. The van der Waals surface area contributed by atoms with E-state index >= 15 is 0 Å². The largest absolute Gasteiger partial charge is 0.457 e. The van der Waals surface area contributed by atoms with E-state index in [1.165, 1.54) is 11.6 Å². The van der Waals surface area contributed by atoms with E-state index in [9.17, 15) is 19.2 Å². The van der Waals surface area contributed by atoms with Crippen molar-refractivity contribution in [1.29, 1.82) is 0 Å². The van der Waals surface area contributed by atoms with Gasteiger partial charge in [-0.3, -0.25) is 9.59 Å². The molecule has 3 aromatic carbocycles. The predicted octanol–water partition coefficient (Wildman–Crippen LogP) is 8.13. The van der Waals surface area contributed by atoms with Crippen LogP contribution in [0.3, 0.4) is 0 Å². The number of fused-ring (bicyclic) bond motifs is 1. The van der Waals surface area contributed by atoms with Gasteiger partial charge in [0, 0.05) is 43.5 Å². The van der Waals surface area contributed by atoms with Crippen molar-refractivity contribution < 1.29 is 28.7 Å². The fourth-order valence-corrected chi connectivity index (χ4v) is 6.42. The van der Waals surface area contributed by atoms with Crippen molar-refractivity contribution in [3.05, 3.63) is 124 Å². The van der Waals surface area contributed by atoms with Gasteiger partial charge in [0.2, 0.25) is 0 Å². The lowest BCUT2D eigenvalue weighted by Gasteiger charge is -2.29. The minimum absolute atomic E-state index is 0.0806. The SMILES string of the molecule is CCCCN(CCCC)C(=O)c1nn(-c2ccc(C(=O)OCc3ccccc3)cc2C(=O)N2CCc3ccccc3C2)c(C)c1C=CC(=O)OC(C)(C)C. The molecule has 10 nitrogen and oxygen atoms in total. The van der Waals surface area contributed by atoms with Crippen molar-refractivity contribution in [2.24, 2.45) is 0 Å². The smallest absolute Gasteiger partial charge is 0.338 e. The summed E-state index contributed by atoms with van der Waals surface area (Å²) in [6.07, 6.45) is 7.07. The molecule has 10 heteroatoms. The van der Waals surface area contributed by atoms with Crippen LogP contribution in [-0.4, -0.2) is 68.6 Å². The quantitative estimate of drug-likeness (QED) is 0.0951. The molecule has 4 aromatic rings. The van der Waals surface area contributed by atoms with Crippen LogP contribution in [0.5, 0.6) is 0 Å². The van der Waals surface area contributed by atoms with Crippen LogP contribution in [0.4, 0.5) is 0 Å². The second-order valence-electron chi connectivity index (χ2n) is 14.7. The minimum Gasteiger partial charge on any atom is -0.457 e. The second-order valence-corrected chi connectivity index (χ2v) is 14.7. The fourth-order valence-electron chi connectivity index (χ4n) is 6.42. The van der Waals surface area contributed by atoms with Crippen LogP contribution in [-0.2, 0) is 33.8 Å². The number of amides is 2. The second kappa shape index (κ2) is 18.0. The Labute approximate surface area is 318 Å². The molecule has 0 saturated heterocycles. The first-order valence-electron chi connectivity index (χ1n) is 18.9. The third-order valence-electron chi connectivity index (χ3n) is 9.33. The molecule has 0 saturated carbocycles. The average Bonchev–Trinajstić information content (AvgIpc) is 3.50. The van der Waals surface area contributed by atoms with E-state index < -0.39 is 17.5 Å². The Bertz CT molecular complexity index is 1980. The molecule has 1 aromatic heterocycles. The summed E-state index contributed by atoms with van der Waals surface area (Å²) >= 11 is 0. The molecule has 2 amide bonds. The van der Waals surface area contributed by atoms with Gasteiger partial charge >= 0.3 is 11.9 Å². The first-order chi connectivity index (χ1) is 25.9. The van der Waals surface area contributed by atoms with Crippen molar-refractivity contribution in [2.45, 2.75) is 92.4 Å². The van der Waals surface area contributed by atoms with E-state index in [1.54, 1.807) is 61.6 Å². The number of hydrogen-bond acceptors (Lipinski definition) is 7. The maximum Gasteiger partial charge on any atom is 0.338 e. The molecular formula is C44H52N4O6. The highest BCUT2D eigenvalue weighted by Gasteiger charge is 2.29. The van der Waals surface area contributed by atoms with Crippen molar-refractivity contribution in [2.75, 3.05) is 19.6 Å². The van der Waals surface area contributed by atoms with Gasteiger partial charge in [-0.05, 0) is 87.9 Å². The van der Waals surface area contributed by atoms with Gasteiger partial charge in [0.05, 0.1) is 16.8 Å². The summed E-state index contributed by atoms with van der Waals surface area (Å²) in [5.41, 5.74) is 4.40. The Hall–Kier alpha value is -5.51. The lowest BCUT2D eigenvalue weighted by molar-refractivity contribution is -0.148. The highest BCUT2D eigenvalue weighted by Crippen LogP contribution is 2.28. The summed E-state index contributed by atoms with van der Waals surface area (Å²) in [7, 11) is 0. The van der Waals surface area contributed by atoms with E-state index in [1.807, 2.05) is 53.4 Å². The van der Waals surface area contributed by atoms with Crippen molar-refractivity contribution in [3.8, 4) is 5.69 Å². The van der Waals surface area contributed by atoms with Gasteiger partial charge < -0.3 is 19.3 Å². The Morgan fingerprint density at radius 2 is 1.56 bits per heavy atom. The average molecular weight is 733 g/mol. The van der Waals surface area contributed by atoms with Gasteiger partial charge in [-0.1, -0.05) is 81.3 Å². The van der Waals surface area contributed by atoms with Crippen LogP contribution in [0.15, 0.2) is 78.9 Å². The van der Waals surface area contributed by atoms with Crippen molar-refractivity contribution in [3.63, 3.8) is 0 Å². The maximum absolute atomic E-state index is 14.6. The van der Waals surface area contributed by atoms with E-state index in [4.69, 9.17) is 14.6 Å². The molecule has 1 aliphatic heterocycles. The minimum atomic E-state index is -0.704. The molecule has 2 heterocycles. The van der Waals surface area contributed by atoms with Gasteiger partial charge in [-0.25, -0.2) is 14.3 Å². The molecule has 284 valence electrons. The molecule has 1 aliphatic rings. The van der Waals surface area contributed by atoms with E-state index in [-0.39, 0.29) is 35.2 Å². The van der Waals surface area contributed by atoms with Gasteiger partial charge in [-0.2, -0.15) is 5.10 Å². The molecule has 0 spiro atoms. The van der Waals surface area contributed by atoms with Gasteiger partial charge in [-0.15, -0.1) is 0 Å². The van der Waals surface area contributed by atoms with E-state index in [0.29, 0.717) is 49.5 Å². The molecule has 0 unspecified atom stereocenters. The Balaban J connectivity index is 1.61.